The number of nitrogens with zero attached hydrogens (tertiary/aromatic N) is 2. The zero-order valence-corrected chi connectivity index (χ0v) is 9.16. The molecule has 0 fully saturated rings. The molecular weight excluding hydrogens is 238 g/mol. The molecule has 2 aromatic rings. The predicted octanol–water partition coefficient (Wildman–Crippen LogP) is 1.64. The monoisotopic (exact) mass is 247 g/mol. The fourth-order valence-electron chi connectivity index (χ4n) is 1.66. The number of carboxylic acids is 1. The third-order valence-electron chi connectivity index (χ3n) is 2.42. The standard InChI is InChI=1S/C11H9N3O4/c15-11(16)6-13-9-1-2-10(14(17)18)8-5-12-4-3-7(8)9/h1-5,13H,6H2,(H,15,16). The molecule has 0 radical (unpaired) electrons. The van der Waals surface area contributed by atoms with Crippen molar-refractivity contribution in [3.8, 4) is 0 Å². The topological polar surface area (TPSA) is 105 Å². The van der Waals surface area contributed by atoms with Crippen LogP contribution >= 0.6 is 0 Å². The molecule has 7 heteroatoms. The molecule has 2 rings (SSSR count). The second kappa shape index (κ2) is 4.66. The van der Waals surface area contributed by atoms with Gasteiger partial charge in [-0.3, -0.25) is 19.9 Å². The van der Waals surface area contributed by atoms with E-state index in [0.29, 0.717) is 16.5 Å². The molecule has 0 aliphatic carbocycles. The number of hydrogen-bond acceptors (Lipinski definition) is 5. The molecule has 0 aliphatic heterocycles. The molecule has 18 heavy (non-hydrogen) atoms. The van der Waals surface area contributed by atoms with E-state index in [1.807, 2.05) is 0 Å². The lowest BCUT2D eigenvalue weighted by molar-refractivity contribution is -0.383. The number of hydrogen-bond donors (Lipinski definition) is 2. The quantitative estimate of drug-likeness (QED) is 0.628. The Bertz CT molecular complexity index is 627. The Balaban J connectivity index is 2.53. The Kier molecular flexibility index (Phi) is 3.05. The fraction of sp³-hybridized carbons (Fsp3) is 0.0909. The van der Waals surface area contributed by atoms with Crippen molar-refractivity contribution >= 4 is 28.1 Å². The zero-order chi connectivity index (χ0) is 13.1. The van der Waals surface area contributed by atoms with Crippen molar-refractivity contribution in [3.05, 3.63) is 40.7 Å². The Labute approximate surface area is 101 Å². The van der Waals surface area contributed by atoms with Crippen LogP contribution < -0.4 is 5.32 Å². The van der Waals surface area contributed by atoms with Crippen LogP contribution in [0.25, 0.3) is 10.8 Å². The van der Waals surface area contributed by atoms with Crippen molar-refractivity contribution in [1.82, 2.24) is 4.98 Å². The summed E-state index contributed by atoms with van der Waals surface area (Å²) < 4.78 is 0. The number of nitrogens with one attached hydrogen (secondary N) is 1. The number of rotatable bonds is 4. The molecule has 0 saturated carbocycles. The van der Waals surface area contributed by atoms with Gasteiger partial charge in [-0.2, -0.15) is 0 Å². The molecule has 0 bridgehead atoms. The average molecular weight is 247 g/mol. The van der Waals surface area contributed by atoms with Crippen molar-refractivity contribution in [2.75, 3.05) is 11.9 Å². The summed E-state index contributed by atoms with van der Waals surface area (Å²) in [7, 11) is 0. The van der Waals surface area contributed by atoms with E-state index in [-0.39, 0.29) is 12.2 Å². The van der Waals surface area contributed by atoms with Crippen molar-refractivity contribution in [1.29, 1.82) is 0 Å². The van der Waals surface area contributed by atoms with E-state index < -0.39 is 10.9 Å². The van der Waals surface area contributed by atoms with Gasteiger partial charge in [0.2, 0.25) is 0 Å². The molecule has 1 aromatic carbocycles. The normalized spacial score (nSPS) is 10.2. The van der Waals surface area contributed by atoms with Gasteiger partial charge < -0.3 is 10.4 Å². The summed E-state index contributed by atoms with van der Waals surface area (Å²) in [5.74, 6) is -1.00. The Morgan fingerprint density at radius 3 is 2.83 bits per heavy atom. The minimum Gasteiger partial charge on any atom is -0.480 e. The van der Waals surface area contributed by atoms with Gasteiger partial charge in [-0.25, -0.2) is 0 Å². The number of non-ortho nitro benzene ring substituents is 1. The number of aromatic nitrogens is 1. The molecular formula is C11H9N3O4. The number of carbonyl (C=O) groups is 1. The van der Waals surface area contributed by atoms with Gasteiger partial charge in [0, 0.05) is 29.5 Å². The van der Waals surface area contributed by atoms with Crippen LogP contribution in [0.3, 0.4) is 0 Å². The third kappa shape index (κ3) is 2.19. The van der Waals surface area contributed by atoms with Crippen LogP contribution in [-0.2, 0) is 4.79 Å². The first-order valence-corrected chi connectivity index (χ1v) is 5.06. The van der Waals surface area contributed by atoms with Gasteiger partial charge in [-0.1, -0.05) is 0 Å². The smallest absolute Gasteiger partial charge is 0.322 e. The summed E-state index contributed by atoms with van der Waals surface area (Å²) in [6.45, 7) is -0.255. The maximum atomic E-state index is 10.9. The number of aliphatic carboxylic acids is 1. The molecule has 2 N–H and O–H groups in total. The molecule has 0 aliphatic rings. The van der Waals surface area contributed by atoms with E-state index in [4.69, 9.17) is 5.11 Å². The number of benzene rings is 1. The lowest BCUT2D eigenvalue weighted by Crippen LogP contribution is -2.12. The lowest BCUT2D eigenvalue weighted by atomic mass is 10.1. The van der Waals surface area contributed by atoms with Gasteiger partial charge in [0.05, 0.1) is 10.3 Å². The highest BCUT2D eigenvalue weighted by molar-refractivity contribution is 5.99. The Morgan fingerprint density at radius 2 is 2.17 bits per heavy atom. The number of nitro groups is 1. The highest BCUT2D eigenvalue weighted by atomic mass is 16.6. The summed E-state index contributed by atoms with van der Waals surface area (Å²) in [4.78, 5) is 24.7. The first-order chi connectivity index (χ1) is 8.59. The minimum absolute atomic E-state index is 0.0565. The molecule has 0 amide bonds. The van der Waals surface area contributed by atoms with Crippen LogP contribution in [0.4, 0.5) is 11.4 Å². The van der Waals surface area contributed by atoms with Gasteiger partial charge in [0.25, 0.3) is 5.69 Å². The van der Waals surface area contributed by atoms with E-state index in [9.17, 15) is 14.9 Å². The SMILES string of the molecule is O=C(O)CNc1ccc([N+](=O)[O-])c2cnccc12. The summed E-state index contributed by atoms with van der Waals surface area (Å²) in [6, 6.07) is 4.42. The van der Waals surface area contributed by atoms with Crippen molar-refractivity contribution in [2.24, 2.45) is 0 Å². The Morgan fingerprint density at radius 1 is 1.39 bits per heavy atom. The summed E-state index contributed by atoms with van der Waals surface area (Å²) in [6.07, 6.45) is 2.89. The van der Waals surface area contributed by atoms with Crippen molar-refractivity contribution in [3.63, 3.8) is 0 Å². The fourth-order valence-corrected chi connectivity index (χ4v) is 1.66. The minimum atomic E-state index is -1.00. The third-order valence-corrected chi connectivity index (χ3v) is 2.42. The summed E-state index contributed by atoms with van der Waals surface area (Å²) in [5.41, 5.74) is 0.472. The second-order valence-electron chi connectivity index (χ2n) is 3.56. The van der Waals surface area contributed by atoms with Crippen LogP contribution in [0.1, 0.15) is 0 Å². The number of anilines is 1. The average Bonchev–Trinajstić information content (AvgIpc) is 2.35. The first-order valence-electron chi connectivity index (χ1n) is 5.06. The number of pyridine rings is 1. The zero-order valence-electron chi connectivity index (χ0n) is 9.16. The second-order valence-corrected chi connectivity index (χ2v) is 3.56. The van der Waals surface area contributed by atoms with Crippen LogP contribution in [-0.4, -0.2) is 27.5 Å². The summed E-state index contributed by atoms with van der Waals surface area (Å²) >= 11 is 0. The van der Waals surface area contributed by atoms with E-state index in [1.54, 1.807) is 6.07 Å². The molecule has 0 saturated heterocycles. The van der Waals surface area contributed by atoms with E-state index in [0.717, 1.165) is 0 Å². The molecule has 0 spiro atoms. The number of carboxylic acid groups (broad SMARTS) is 1. The van der Waals surface area contributed by atoms with Gasteiger partial charge >= 0.3 is 5.97 Å². The van der Waals surface area contributed by atoms with E-state index >= 15 is 0 Å². The molecule has 92 valence electrons. The maximum absolute atomic E-state index is 10.9. The highest BCUT2D eigenvalue weighted by Gasteiger charge is 2.14. The lowest BCUT2D eigenvalue weighted by Gasteiger charge is -2.07. The molecule has 1 heterocycles. The van der Waals surface area contributed by atoms with Crippen LogP contribution in [0, 0.1) is 10.1 Å². The van der Waals surface area contributed by atoms with Gasteiger partial charge in [-0.05, 0) is 12.1 Å². The van der Waals surface area contributed by atoms with Crippen molar-refractivity contribution in [2.45, 2.75) is 0 Å². The van der Waals surface area contributed by atoms with Gasteiger partial charge in [0.1, 0.15) is 6.54 Å². The largest absolute Gasteiger partial charge is 0.480 e. The van der Waals surface area contributed by atoms with Crippen molar-refractivity contribution < 1.29 is 14.8 Å². The summed E-state index contributed by atoms with van der Waals surface area (Å²) in [5, 5.41) is 23.1. The number of nitro benzene ring substituents is 1. The van der Waals surface area contributed by atoms with E-state index in [2.05, 4.69) is 10.3 Å². The van der Waals surface area contributed by atoms with Gasteiger partial charge in [-0.15, -0.1) is 0 Å². The molecule has 7 nitrogen and oxygen atoms in total. The predicted molar refractivity (Wildman–Crippen MR) is 64.5 cm³/mol. The number of fused-ring (bicyclic) bond motifs is 1. The van der Waals surface area contributed by atoms with Crippen LogP contribution in [0.2, 0.25) is 0 Å². The molecule has 1 aromatic heterocycles. The first kappa shape index (κ1) is 11.8. The Hall–Kier alpha value is -2.70. The van der Waals surface area contributed by atoms with Gasteiger partial charge in [0.15, 0.2) is 0 Å². The molecule has 0 unspecified atom stereocenters. The van der Waals surface area contributed by atoms with E-state index in [1.165, 1.54) is 24.5 Å². The van der Waals surface area contributed by atoms with Crippen LogP contribution in [0.5, 0.6) is 0 Å². The highest BCUT2D eigenvalue weighted by Crippen LogP contribution is 2.30. The van der Waals surface area contributed by atoms with Crippen LogP contribution in [0.15, 0.2) is 30.6 Å². The maximum Gasteiger partial charge on any atom is 0.322 e. The molecule has 0 atom stereocenters.